The molecule has 0 aliphatic carbocycles. The third-order valence-corrected chi connectivity index (χ3v) is 10.7. The van der Waals surface area contributed by atoms with E-state index in [-0.39, 0.29) is 0 Å². The van der Waals surface area contributed by atoms with Gasteiger partial charge < -0.3 is 0 Å². The molecule has 0 aliphatic rings. The van der Waals surface area contributed by atoms with Gasteiger partial charge in [0.2, 0.25) is 0 Å². The van der Waals surface area contributed by atoms with Gasteiger partial charge in [-0.3, -0.25) is 0 Å². The topological polar surface area (TPSA) is 0 Å². The van der Waals surface area contributed by atoms with E-state index in [1.165, 1.54) is 92.9 Å². The summed E-state index contributed by atoms with van der Waals surface area (Å²) >= 11 is 0. The molecule has 44 heavy (non-hydrogen) atoms. The summed E-state index contributed by atoms with van der Waals surface area (Å²) in [6.45, 7) is 0. The average molecular weight is 561 g/mol. The van der Waals surface area contributed by atoms with E-state index < -0.39 is 11.6 Å². The van der Waals surface area contributed by atoms with Gasteiger partial charge >= 0.3 is 0 Å². The van der Waals surface area contributed by atoms with Crippen molar-refractivity contribution in [2.45, 2.75) is 0 Å². The lowest BCUT2D eigenvalue weighted by molar-refractivity contribution is 0.511. The number of benzene rings is 10. The predicted octanol–water partition coefficient (Wildman–Crippen LogP) is 12.4. The van der Waals surface area contributed by atoms with Crippen LogP contribution in [0.2, 0.25) is 0 Å². The number of hydrogen-bond donors (Lipinski definition) is 0. The van der Waals surface area contributed by atoms with Crippen molar-refractivity contribution < 1.29 is 8.78 Å². The Morgan fingerprint density at radius 1 is 0.250 bits per heavy atom. The summed E-state index contributed by atoms with van der Waals surface area (Å²) in [6, 6.07) is 38.5. The van der Waals surface area contributed by atoms with E-state index in [9.17, 15) is 8.78 Å². The summed E-state index contributed by atoms with van der Waals surface area (Å²) in [4.78, 5) is 0. The second-order valence-corrected chi connectivity index (χ2v) is 12.6. The van der Waals surface area contributed by atoms with Gasteiger partial charge in [0, 0.05) is 0 Å². The maximum atomic E-state index is 14.6. The lowest BCUT2D eigenvalue weighted by Gasteiger charge is -2.18. The summed E-state index contributed by atoms with van der Waals surface area (Å²) in [7, 11) is 0. The molecule has 0 aromatic heterocycles. The first-order chi connectivity index (χ1) is 21.7. The van der Waals surface area contributed by atoms with Crippen molar-refractivity contribution in [3.63, 3.8) is 0 Å². The van der Waals surface area contributed by atoms with Crippen molar-refractivity contribution in [3.05, 3.63) is 121 Å². The molecule has 0 bridgehead atoms. The minimum Gasteiger partial charge on any atom is -0.204 e. The summed E-state index contributed by atoms with van der Waals surface area (Å²) in [5.41, 5.74) is 0. The van der Waals surface area contributed by atoms with Crippen LogP contribution in [-0.4, -0.2) is 0 Å². The molecule has 2 heteroatoms. The van der Waals surface area contributed by atoms with E-state index in [2.05, 4.69) is 97.1 Å². The van der Waals surface area contributed by atoms with E-state index >= 15 is 0 Å². The summed E-state index contributed by atoms with van der Waals surface area (Å²) in [6.07, 6.45) is 0. The third kappa shape index (κ3) is 2.25. The average Bonchev–Trinajstić information content (AvgIpc) is 3.55. The largest absolute Gasteiger partial charge is 0.204 e. The van der Waals surface area contributed by atoms with Crippen LogP contribution in [0.4, 0.5) is 8.78 Å². The monoisotopic (exact) mass is 560 g/mol. The standard InChI is InChI=1S/C42H18F2/c43-33-17-29-27-11-9-19-14-22-16-32-41-26-8-4-2-6-24(26)23-5-1-3-7-25(23)39(41)28-12-10-20-13-21-15-31(30(29)18-34(33)44)40(27)35(19)37(21)38(22)36(20)42(28)32/h1-18H. The van der Waals surface area contributed by atoms with Crippen molar-refractivity contribution in [1.82, 2.24) is 0 Å². The first kappa shape index (κ1) is 22.0. The van der Waals surface area contributed by atoms with E-state index in [4.69, 9.17) is 0 Å². The van der Waals surface area contributed by atoms with Gasteiger partial charge in [-0.15, -0.1) is 0 Å². The van der Waals surface area contributed by atoms with Crippen molar-refractivity contribution >= 4 is 118 Å². The van der Waals surface area contributed by atoms with Crippen LogP contribution in [0, 0.1) is 11.6 Å². The van der Waals surface area contributed by atoms with Crippen molar-refractivity contribution in [1.29, 1.82) is 0 Å². The molecule has 200 valence electrons. The highest BCUT2D eigenvalue weighted by Crippen LogP contribution is 2.53. The minimum atomic E-state index is -0.805. The quantitative estimate of drug-likeness (QED) is 0.128. The Morgan fingerprint density at radius 2 is 0.659 bits per heavy atom. The van der Waals surface area contributed by atoms with Crippen LogP contribution in [0.1, 0.15) is 0 Å². The third-order valence-electron chi connectivity index (χ3n) is 10.7. The van der Waals surface area contributed by atoms with Gasteiger partial charge in [0.25, 0.3) is 0 Å². The van der Waals surface area contributed by atoms with Gasteiger partial charge in [-0.1, -0.05) is 72.8 Å². The number of fused-ring (bicyclic) bond motifs is 11. The van der Waals surface area contributed by atoms with Crippen LogP contribution < -0.4 is 0 Å². The fraction of sp³-hybridized carbons (Fsp3) is 0. The normalized spacial score (nSPS) is 13.2. The second kappa shape index (κ2) is 6.96. The Kier molecular flexibility index (Phi) is 3.48. The van der Waals surface area contributed by atoms with Crippen LogP contribution in [0.3, 0.4) is 0 Å². The molecule has 12 aromatic carbocycles. The van der Waals surface area contributed by atoms with Gasteiger partial charge in [0.05, 0.1) is 0 Å². The molecule has 0 spiro atoms. The summed E-state index contributed by atoms with van der Waals surface area (Å²) in [5, 5.41) is 26.1. The molecule has 0 unspecified atom stereocenters. The SMILES string of the molecule is Fc1cc2c(cc1F)c1cc3cc4ccc5c6c7ccccc7c7ccccc7c6c6cc7cc8ccc2c1c8c3c7c4c56. The molecule has 0 saturated carbocycles. The Bertz CT molecular complexity index is 3220. The van der Waals surface area contributed by atoms with Crippen molar-refractivity contribution in [2.75, 3.05) is 0 Å². The number of halogens is 2. The molecular weight excluding hydrogens is 542 g/mol. The smallest absolute Gasteiger partial charge is 0.159 e. The summed E-state index contributed by atoms with van der Waals surface area (Å²) < 4.78 is 29.1. The Labute approximate surface area is 247 Å². The van der Waals surface area contributed by atoms with Crippen LogP contribution in [0.5, 0.6) is 0 Å². The zero-order valence-corrected chi connectivity index (χ0v) is 23.1. The Morgan fingerprint density at radius 3 is 1.27 bits per heavy atom. The molecule has 0 aliphatic heterocycles. The van der Waals surface area contributed by atoms with Crippen LogP contribution >= 0.6 is 0 Å². The van der Waals surface area contributed by atoms with Crippen LogP contribution in [-0.2, 0) is 0 Å². The van der Waals surface area contributed by atoms with Crippen LogP contribution in [0.25, 0.3) is 118 Å². The molecular formula is C42H18F2. The van der Waals surface area contributed by atoms with E-state index in [0.717, 1.165) is 37.7 Å². The molecule has 0 radical (unpaired) electrons. The van der Waals surface area contributed by atoms with Gasteiger partial charge in [0.1, 0.15) is 0 Å². The number of rotatable bonds is 0. The fourth-order valence-corrected chi connectivity index (χ4v) is 9.10. The Balaban J connectivity index is 1.40. The number of hydrogen-bond acceptors (Lipinski definition) is 0. The van der Waals surface area contributed by atoms with Crippen molar-refractivity contribution in [2.24, 2.45) is 0 Å². The first-order valence-electron chi connectivity index (χ1n) is 15.1. The molecule has 0 fully saturated rings. The maximum absolute atomic E-state index is 14.6. The van der Waals surface area contributed by atoms with Gasteiger partial charge in [-0.05, 0) is 155 Å². The lowest BCUT2D eigenvalue weighted by Crippen LogP contribution is -1.89. The minimum absolute atomic E-state index is 0.769. The van der Waals surface area contributed by atoms with Crippen LogP contribution in [0.15, 0.2) is 109 Å². The maximum Gasteiger partial charge on any atom is 0.159 e. The highest BCUT2D eigenvalue weighted by Gasteiger charge is 2.25. The van der Waals surface area contributed by atoms with E-state index in [1.54, 1.807) is 0 Å². The summed E-state index contributed by atoms with van der Waals surface area (Å²) in [5.74, 6) is -1.61. The predicted molar refractivity (Wildman–Crippen MR) is 184 cm³/mol. The van der Waals surface area contributed by atoms with Crippen molar-refractivity contribution in [3.8, 4) is 0 Å². The molecule has 0 heterocycles. The molecule has 0 N–H and O–H groups in total. The zero-order chi connectivity index (χ0) is 28.6. The second-order valence-electron chi connectivity index (χ2n) is 12.6. The molecule has 12 rings (SSSR count). The molecule has 0 atom stereocenters. The van der Waals surface area contributed by atoms with E-state index in [0.29, 0.717) is 0 Å². The van der Waals surface area contributed by atoms with E-state index in [1.807, 2.05) is 0 Å². The highest BCUT2D eigenvalue weighted by atomic mass is 19.2. The lowest BCUT2D eigenvalue weighted by atomic mass is 9.85. The Hall–Kier alpha value is -5.60. The molecule has 12 aromatic rings. The highest BCUT2D eigenvalue weighted by molar-refractivity contribution is 6.50. The zero-order valence-electron chi connectivity index (χ0n) is 23.1. The van der Waals surface area contributed by atoms with Gasteiger partial charge in [-0.25, -0.2) is 8.78 Å². The fourth-order valence-electron chi connectivity index (χ4n) is 9.10. The molecule has 0 saturated heterocycles. The van der Waals surface area contributed by atoms with Gasteiger partial charge in [-0.2, -0.15) is 0 Å². The molecule has 0 nitrogen and oxygen atoms in total. The molecule has 0 amide bonds. The first-order valence-corrected chi connectivity index (χ1v) is 15.1. The van der Waals surface area contributed by atoms with Gasteiger partial charge in [0.15, 0.2) is 11.6 Å².